The molecule has 2 fully saturated rings. The first-order valence-electron chi connectivity index (χ1n) is 21.2. The van der Waals surface area contributed by atoms with Crippen LogP contribution >= 0.6 is 0 Å². The summed E-state index contributed by atoms with van der Waals surface area (Å²) in [5, 5.41) is 0. The van der Waals surface area contributed by atoms with Crippen molar-refractivity contribution in [3.8, 4) is 0 Å². The molecular formula is C51H55F3O6. The fraction of sp³-hybridized carbons (Fsp3) is 0.373. The van der Waals surface area contributed by atoms with E-state index in [0.717, 1.165) is 40.7 Å². The smallest absolute Gasteiger partial charge is 0.371 e. The van der Waals surface area contributed by atoms with Crippen LogP contribution in [0.15, 0.2) is 164 Å². The standard InChI is InChI=1S/C51H55F3O6/c52-50(53,54)38-57-48-34-32-44(55-36-39-20-8-3-9-21-39)46(58-48)30-18-1-2-19-31-47-45(56-37-40-22-10-4-11-23-40)33-35-49(59-47)60-51(41-24-12-5-13-25-41,42-26-14-6-15-27-42)43-28-16-7-17-29-43/h1-17,20-29,44-49H,18-19,30-38H2/b2-1-/t44-,45+,46+,47+,48-,49+/m0/s1. The summed E-state index contributed by atoms with van der Waals surface area (Å²) in [4.78, 5) is 0. The van der Waals surface area contributed by atoms with E-state index >= 15 is 0 Å². The van der Waals surface area contributed by atoms with Gasteiger partial charge in [0.2, 0.25) is 0 Å². The summed E-state index contributed by atoms with van der Waals surface area (Å²) in [5.41, 5.74) is 4.26. The van der Waals surface area contributed by atoms with Crippen molar-refractivity contribution in [2.24, 2.45) is 0 Å². The minimum absolute atomic E-state index is 0.134. The third kappa shape index (κ3) is 12.2. The van der Waals surface area contributed by atoms with Crippen molar-refractivity contribution in [3.63, 3.8) is 0 Å². The van der Waals surface area contributed by atoms with Gasteiger partial charge >= 0.3 is 6.18 Å². The second-order valence-electron chi connectivity index (χ2n) is 15.5. The molecule has 7 rings (SSSR count). The van der Waals surface area contributed by atoms with Crippen LogP contribution in [0.25, 0.3) is 0 Å². The number of benzene rings is 5. The second kappa shape index (κ2) is 21.8. The average molecular weight is 821 g/mol. The molecule has 0 aliphatic carbocycles. The second-order valence-corrected chi connectivity index (χ2v) is 15.5. The molecule has 5 aromatic rings. The zero-order chi connectivity index (χ0) is 41.5. The Balaban J connectivity index is 1.03. The summed E-state index contributed by atoms with van der Waals surface area (Å²) in [7, 11) is 0. The minimum Gasteiger partial charge on any atom is -0.371 e. The molecule has 0 unspecified atom stereocenters. The van der Waals surface area contributed by atoms with Crippen LogP contribution in [0.2, 0.25) is 0 Å². The molecule has 2 aliphatic rings. The number of hydrogen-bond donors (Lipinski definition) is 0. The quantitative estimate of drug-likeness (QED) is 0.0611. The maximum Gasteiger partial charge on any atom is 0.411 e. The highest BCUT2D eigenvalue weighted by Crippen LogP contribution is 2.43. The Hall–Kier alpha value is -4.61. The van der Waals surface area contributed by atoms with E-state index in [0.29, 0.717) is 51.7 Å². The molecule has 0 aromatic heterocycles. The monoisotopic (exact) mass is 820 g/mol. The average Bonchev–Trinajstić information content (AvgIpc) is 3.29. The maximum atomic E-state index is 13.0. The van der Waals surface area contributed by atoms with Gasteiger partial charge in [0.05, 0.1) is 37.6 Å². The molecule has 6 nitrogen and oxygen atoms in total. The van der Waals surface area contributed by atoms with Crippen LogP contribution in [0.5, 0.6) is 0 Å². The number of rotatable bonds is 19. The van der Waals surface area contributed by atoms with E-state index in [9.17, 15) is 13.2 Å². The molecule has 0 spiro atoms. The molecule has 6 atom stereocenters. The topological polar surface area (TPSA) is 55.4 Å². The molecule has 0 amide bonds. The SMILES string of the molecule is FC(F)(F)CO[C@@H]1CC[C@H](OCc2ccccc2)[C@@H](CC/C=C\CC[C@H]2O[C@H](OC(c3ccccc3)(c3ccccc3)c3ccccc3)CC[C@H]2OCc2ccccc2)O1. The van der Waals surface area contributed by atoms with Crippen LogP contribution in [0.4, 0.5) is 13.2 Å². The van der Waals surface area contributed by atoms with Crippen molar-refractivity contribution < 1.29 is 41.6 Å². The summed E-state index contributed by atoms with van der Waals surface area (Å²) < 4.78 is 77.1. The molecule has 5 aromatic carbocycles. The zero-order valence-corrected chi connectivity index (χ0v) is 33.9. The highest BCUT2D eigenvalue weighted by molar-refractivity contribution is 5.47. The lowest BCUT2D eigenvalue weighted by atomic mass is 9.80. The molecule has 2 aliphatic heterocycles. The van der Waals surface area contributed by atoms with Crippen molar-refractivity contribution >= 4 is 0 Å². The largest absolute Gasteiger partial charge is 0.411 e. The number of halogens is 3. The van der Waals surface area contributed by atoms with Crippen LogP contribution in [-0.2, 0) is 47.2 Å². The lowest BCUT2D eigenvalue weighted by Gasteiger charge is -2.43. The van der Waals surface area contributed by atoms with Crippen molar-refractivity contribution in [3.05, 3.63) is 192 Å². The minimum atomic E-state index is -4.42. The maximum absolute atomic E-state index is 13.0. The van der Waals surface area contributed by atoms with Gasteiger partial charge < -0.3 is 28.4 Å². The van der Waals surface area contributed by atoms with Gasteiger partial charge in [-0.2, -0.15) is 13.2 Å². The lowest BCUT2D eigenvalue weighted by molar-refractivity contribution is -0.269. The number of allylic oxidation sites excluding steroid dienone is 2. The van der Waals surface area contributed by atoms with E-state index in [1.807, 2.05) is 103 Å². The van der Waals surface area contributed by atoms with Gasteiger partial charge in [0.15, 0.2) is 12.6 Å². The predicted molar refractivity (Wildman–Crippen MR) is 226 cm³/mol. The van der Waals surface area contributed by atoms with Crippen molar-refractivity contribution in [2.45, 2.75) is 113 Å². The number of hydrogen-bond acceptors (Lipinski definition) is 6. The van der Waals surface area contributed by atoms with Gasteiger partial charge in [-0.1, -0.05) is 164 Å². The van der Waals surface area contributed by atoms with Crippen LogP contribution in [-0.4, -0.2) is 49.8 Å². The van der Waals surface area contributed by atoms with Gasteiger partial charge in [0.25, 0.3) is 0 Å². The fourth-order valence-corrected chi connectivity index (χ4v) is 8.19. The Morgan fingerprint density at radius 2 is 0.867 bits per heavy atom. The molecule has 2 heterocycles. The molecule has 316 valence electrons. The van der Waals surface area contributed by atoms with Crippen molar-refractivity contribution in [2.75, 3.05) is 6.61 Å². The molecule has 0 bridgehead atoms. The number of alkyl halides is 3. The summed E-state index contributed by atoms with van der Waals surface area (Å²) in [6.45, 7) is -0.452. The highest BCUT2D eigenvalue weighted by Gasteiger charge is 2.43. The summed E-state index contributed by atoms with van der Waals surface area (Å²) in [6.07, 6.45) is 2.38. The van der Waals surface area contributed by atoms with Crippen LogP contribution in [0.1, 0.15) is 79.2 Å². The van der Waals surface area contributed by atoms with E-state index in [4.69, 9.17) is 28.4 Å². The summed E-state index contributed by atoms with van der Waals surface area (Å²) >= 11 is 0. The Labute approximate surface area is 352 Å². The third-order valence-corrected chi connectivity index (χ3v) is 11.2. The zero-order valence-electron chi connectivity index (χ0n) is 33.9. The van der Waals surface area contributed by atoms with Gasteiger partial charge in [0.1, 0.15) is 12.2 Å². The Morgan fingerprint density at radius 3 is 1.28 bits per heavy atom. The van der Waals surface area contributed by atoms with Crippen molar-refractivity contribution in [1.29, 1.82) is 0 Å². The molecule has 0 N–H and O–H groups in total. The molecule has 0 saturated carbocycles. The highest BCUT2D eigenvalue weighted by atomic mass is 19.4. The van der Waals surface area contributed by atoms with E-state index in [2.05, 4.69) is 60.7 Å². The van der Waals surface area contributed by atoms with Crippen LogP contribution in [0, 0.1) is 0 Å². The van der Waals surface area contributed by atoms with E-state index in [-0.39, 0.29) is 18.3 Å². The van der Waals surface area contributed by atoms with Gasteiger partial charge in [-0.3, -0.25) is 0 Å². The first-order chi connectivity index (χ1) is 29.4. The first-order valence-corrected chi connectivity index (χ1v) is 21.2. The normalized spacial score (nSPS) is 22.5. The third-order valence-electron chi connectivity index (χ3n) is 11.2. The van der Waals surface area contributed by atoms with Gasteiger partial charge in [0, 0.05) is 12.8 Å². The van der Waals surface area contributed by atoms with Gasteiger partial charge in [-0.15, -0.1) is 0 Å². The van der Waals surface area contributed by atoms with Crippen LogP contribution in [0.3, 0.4) is 0 Å². The predicted octanol–water partition coefficient (Wildman–Crippen LogP) is 11.9. The molecule has 9 heteroatoms. The Kier molecular flexibility index (Phi) is 15.8. The van der Waals surface area contributed by atoms with Crippen LogP contribution < -0.4 is 0 Å². The van der Waals surface area contributed by atoms with Crippen molar-refractivity contribution in [1.82, 2.24) is 0 Å². The Morgan fingerprint density at radius 1 is 0.483 bits per heavy atom. The number of ether oxygens (including phenoxy) is 6. The lowest BCUT2D eigenvalue weighted by Crippen LogP contribution is -2.45. The molecular weight excluding hydrogens is 766 g/mol. The summed E-state index contributed by atoms with van der Waals surface area (Å²) in [5.74, 6) is 0. The molecule has 0 radical (unpaired) electrons. The Bertz CT molecular complexity index is 1880. The van der Waals surface area contributed by atoms with E-state index < -0.39 is 37.1 Å². The molecule has 60 heavy (non-hydrogen) atoms. The van der Waals surface area contributed by atoms with Gasteiger partial charge in [-0.05, 0) is 66.3 Å². The molecule has 2 saturated heterocycles. The summed E-state index contributed by atoms with van der Waals surface area (Å²) in [6, 6.07) is 51.0. The first kappa shape index (κ1) is 43.5. The van der Waals surface area contributed by atoms with Gasteiger partial charge in [-0.25, -0.2) is 0 Å². The fourth-order valence-electron chi connectivity index (χ4n) is 8.19. The van der Waals surface area contributed by atoms with E-state index in [1.54, 1.807) is 0 Å². The van der Waals surface area contributed by atoms with E-state index in [1.165, 1.54) is 0 Å².